The largest absolute Gasteiger partial charge is 0.416 e. The van der Waals surface area contributed by atoms with Crippen molar-refractivity contribution in [2.24, 2.45) is 0 Å². The van der Waals surface area contributed by atoms with Crippen molar-refractivity contribution in [3.63, 3.8) is 0 Å². The Bertz CT molecular complexity index is 865. The summed E-state index contributed by atoms with van der Waals surface area (Å²) < 4.78 is 70.8. The number of hydrogen-bond acceptors (Lipinski definition) is 5. The molecule has 2 N–H and O–H groups in total. The van der Waals surface area contributed by atoms with E-state index >= 15 is 0 Å². The van der Waals surface area contributed by atoms with Gasteiger partial charge in [0.1, 0.15) is 0 Å². The number of carbonyl (C=O) groups is 1. The minimum Gasteiger partial charge on any atom is -0.379 e. The number of sulfonamides is 1. The Hall–Kier alpha value is -1.69. The Morgan fingerprint density at radius 1 is 1.13 bits per heavy atom. The van der Waals surface area contributed by atoms with Crippen molar-refractivity contribution in [3.8, 4) is 0 Å². The van der Waals surface area contributed by atoms with E-state index in [2.05, 4.69) is 14.9 Å². The molecule has 1 aliphatic heterocycles. The Morgan fingerprint density at radius 3 is 2.45 bits per heavy atom. The lowest BCUT2D eigenvalue weighted by atomic mass is 9.79. The number of carbonyl (C=O) groups excluding carboxylic acids is 1. The van der Waals surface area contributed by atoms with Gasteiger partial charge in [0.05, 0.1) is 30.2 Å². The topological polar surface area (TPSA) is 87.7 Å². The maximum absolute atomic E-state index is 12.8. The predicted octanol–water partition coefficient (Wildman–Crippen LogP) is 2.13. The highest BCUT2D eigenvalue weighted by atomic mass is 32.2. The fraction of sp³-hybridized carbons (Fsp3) is 0.650. The third-order valence-electron chi connectivity index (χ3n) is 5.98. The van der Waals surface area contributed by atoms with E-state index in [-0.39, 0.29) is 5.54 Å². The molecule has 1 aromatic rings. The first-order valence-electron chi connectivity index (χ1n) is 10.4. The molecule has 0 radical (unpaired) electrons. The highest BCUT2D eigenvalue weighted by Gasteiger charge is 2.39. The summed E-state index contributed by atoms with van der Waals surface area (Å²) in [6.45, 7) is 2.73. The monoisotopic (exact) mass is 463 g/mol. The van der Waals surface area contributed by atoms with Gasteiger partial charge in [-0.05, 0) is 31.0 Å². The van der Waals surface area contributed by atoms with Crippen LogP contribution in [0, 0.1) is 0 Å². The molecule has 1 saturated heterocycles. The van der Waals surface area contributed by atoms with Gasteiger partial charge < -0.3 is 10.1 Å². The van der Waals surface area contributed by atoms with Crippen LogP contribution in [0.5, 0.6) is 0 Å². The van der Waals surface area contributed by atoms with Crippen LogP contribution in [-0.4, -0.2) is 64.2 Å². The zero-order valence-corrected chi connectivity index (χ0v) is 18.0. The summed E-state index contributed by atoms with van der Waals surface area (Å²) in [4.78, 5) is 14.2. The van der Waals surface area contributed by atoms with Crippen LogP contribution in [0.15, 0.2) is 29.2 Å². The van der Waals surface area contributed by atoms with Crippen LogP contribution in [0.4, 0.5) is 13.2 Å². The number of ether oxygens (including phenoxy) is 1. The molecule has 0 unspecified atom stereocenters. The molecule has 0 spiro atoms. The third-order valence-corrected chi connectivity index (χ3v) is 7.37. The van der Waals surface area contributed by atoms with E-state index in [9.17, 15) is 26.4 Å². The van der Waals surface area contributed by atoms with E-state index in [4.69, 9.17) is 4.74 Å². The van der Waals surface area contributed by atoms with Gasteiger partial charge in [0.15, 0.2) is 0 Å². The van der Waals surface area contributed by atoms with Crippen molar-refractivity contribution in [2.75, 3.05) is 39.4 Å². The van der Waals surface area contributed by atoms with Crippen molar-refractivity contribution < 1.29 is 31.1 Å². The van der Waals surface area contributed by atoms with E-state index in [0.29, 0.717) is 25.8 Å². The van der Waals surface area contributed by atoms with Crippen molar-refractivity contribution in [1.82, 2.24) is 14.9 Å². The van der Waals surface area contributed by atoms with Gasteiger partial charge in [-0.1, -0.05) is 25.3 Å². The van der Waals surface area contributed by atoms with Gasteiger partial charge in [-0.15, -0.1) is 0 Å². The van der Waals surface area contributed by atoms with E-state index in [0.717, 1.165) is 63.4 Å². The number of nitrogens with zero attached hydrogens (tertiary/aromatic N) is 1. The van der Waals surface area contributed by atoms with Crippen molar-refractivity contribution >= 4 is 15.9 Å². The van der Waals surface area contributed by atoms with Crippen LogP contribution in [-0.2, 0) is 25.7 Å². The molecule has 174 valence electrons. The van der Waals surface area contributed by atoms with Gasteiger partial charge in [-0.25, -0.2) is 13.1 Å². The molecule has 0 bridgehead atoms. The fourth-order valence-corrected chi connectivity index (χ4v) is 5.29. The average molecular weight is 464 g/mol. The molecule has 1 saturated carbocycles. The van der Waals surface area contributed by atoms with Gasteiger partial charge in [-0.2, -0.15) is 13.2 Å². The van der Waals surface area contributed by atoms with Crippen LogP contribution >= 0.6 is 0 Å². The smallest absolute Gasteiger partial charge is 0.379 e. The van der Waals surface area contributed by atoms with Gasteiger partial charge in [0, 0.05) is 25.2 Å². The summed E-state index contributed by atoms with van der Waals surface area (Å²) in [6, 6.07) is 3.42. The van der Waals surface area contributed by atoms with Crippen molar-refractivity contribution in [2.45, 2.75) is 48.7 Å². The Labute approximate surface area is 180 Å². The molecule has 0 aromatic heterocycles. The van der Waals surface area contributed by atoms with Gasteiger partial charge in [0.2, 0.25) is 15.9 Å². The van der Waals surface area contributed by atoms with Crippen LogP contribution in [0.2, 0.25) is 0 Å². The van der Waals surface area contributed by atoms with Crippen LogP contribution in [0.3, 0.4) is 0 Å². The normalized spacial score (nSPS) is 20.4. The second-order valence-corrected chi connectivity index (χ2v) is 9.78. The SMILES string of the molecule is O=C(CNS(=O)(=O)c1cccc(C(F)(F)F)c1)NCC1(N2CCOCC2)CCCCC1. The molecule has 2 fully saturated rings. The number of alkyl halides is 3. The average Bonchev–Trinajstić information content (AvgIpc) is 2.77. The summed E-state index contributed by atoms with van der Waals surface area (Å²) in [5, 5.41) is 2.82. The highest BCUT2D eigenvalue weighted by molar-refractivity contribution is 7.89. The van der Waals surface area contributed by atoms with Crippen LogP contribution in [0.25, 0.3) is 0 Å². The maximum atomic E-state index is 12.8. The number of morpholine rings is 1. The molecule has 1 aliphatic carbocycles. The standard InChI is InChI=1S/C20H28F3N3O4S/c21-20(22,23)16-5-4-6-17(13-16)31(28,29)25-14-18(27)24-15-19(7-2-1-3-8-19)26-9-11-30-12-10-26/h4-6,13,25H,1-3,7-12,14-15H2,(H,24,27). The zero-order valence-electron chi connectivity index (χ0n) is 17.2. The summed E-state index contributed by atoms with van der Waals surface area (Å²) in [6.07, 6.45) is 0.519. The molecule has 1 aromatic carbocycles. The van der Waals surface area contributed by atoms with Crippen molar-refractivity contribution in [3.05, 3.63) is 29.8 Å². The molecule has 3 rings (SSSR count). The molecule has 11 heteroatoms. The van der Waals surface area contributed by atoms with E-state index < -0.39 is 39.1 Å². The number of nitrogens with one attached hydrogen (secondary N) is 2. The molecule has 7 nitrogen and oxygen atoms in total. The first-order valence-corrected chi connectivity index (χ1v) is 11.9. The fourth-order valence-electron chi connectivity index (χ4n) is 4.26. The highest BCUT2D eigenvalue weighted by Crippen LogP contribution is 2.34. The van der Waals surface area contributed by atoms with Crippen molar-refractivity contribution in [1.29, 1.82) is 0 Å². The lowest BCUT2D eigenvalue weighted by Crippen LogP contribution is -2.60. The summed E-state index contributed by atoms with van der Waals surface area (Å²) in [7, 11) is -4.25. The number of benzene rings is 1. The number of halogens is 3. The van der Waals surface area contributed by atoms with Crippen LogP contribution in [0.1, 0.15) is 37.7 Å². The quantitative estimate of drug-likeness (QED) is 0.647. The Kier molecular flexibility index (Phi) is 7.61. The predicted molar refractivity (Wildman–Crippen MR) is 108 cm³/mol. The molecule has 1 amide bonds. The molecular weight excluding hydrogens is 435 g/mol. The van der Waals surface area contributed by atoms with Gasteiger partial charge >= 0.3 is 6.18 Å². The third kappa shape index (κ3) is 6.18. The second kappa shape index (κ2) is 9.85. The summed E-state index contributed by atoms with van der Waals surface area (Å²) in [5.41, 5.74) is -1.23. The van der Waals surface area contributed by atoms with E-state index in [1.54, 1.807) is 0 Å². The molecule has 0 atom stereocenters. The number of rotatable bonds is 7. The minimum absolute atomic E-state index is 0.169. The minimum atomic E-state index is -4.66. The summed E-state index contributed by atoms with van der Waals surface area (Å²) in [5.74, 6) is -0.520. The van der Waals surface area contributed by atoms with Gasteiger partial charge in [0.25, 0.3) is 0 Å². The molecule has 31 heavy (non-hydrogen) atoms. The molecule has 1 heterocycles. The molecule has 2 aliphatic rings. The Balaban J connectivity index is 1.58. The second-order valence-electron chi connectivity index (χ2n) is 8.01. The maximum Gasteiger partial charge on any atom is 0.416 e. The first kappa shape index (κ1) is 24.0. The lowest BCUT2D eigenvalue weighted by molar-refractivity contribution is -0.137. The lowest BCUT2D eigenvalue weighted by Gasteiger charge is -2.48. The van der Waals surface area contributed by atoms with Gasteiger partial charge in [-0.3, -0.25) is 9.69 Å². The Morgan fingerprint density at radius 2 is 1.81 bits per heavy atom. The number of hydrogen-bond donors (Lipinski definition) is 2. The van der Waals surface area contributed by atoms with E-state index in [1.165, 1.54) is 0 Å². The van der Waals surface area contributed by atoms with Crippen LogP contribution < -0.4 is 10.0 Å². The zero-order chi connectivity index (χ0) is 22.5. The van der Waals surface area contributed by atoms with E-state index in [1.807, 2.05) is 0 Å². The first-order chi connectivity index (χ1) is 14.6. The summed E-state index contributed by atoms with van der Waals surface area (Å²) >= 11 is 0. The number of amides is 1. The molecular formula is C20H28F3N3O4S.